The number of hydrogen-bond acceptors (Lipinski definition) is 2. The molecule has 0 aliphatic carbocycles. The predicted molar refractivity (Wildman–Crippen MR) is 139 cm³/mol. The van der Waals surface area contributed by atoms with Gasteiger partial charge in [-0.25, -0.2) is 0 Å². The molecule has 0 N–H and O–H groups in total. The van der Waals surface area contributed by atoms with E-state index < -0.39 is 0 Å². The van der Waals surface area contributed by atoms with Crippen LogP contribution in [-0.2, 0) is 18.4 Å². The number of amides is 1. The van der Waals surface area contributed by atoms with Crippen molar-refractivity contribution < 1.29 is 4.79 Å². The van der Waals surface area contributed by atoms with E-state index in [0.29, 0.717) is 11.4 Å². The van der Waals surface area contributed by atoms with Gasteiger partial charge in [0.1, 0.15) is 0 Å². The van der Waals surface area contributed by atoms with Gasteiger partial charge < -0.3 is 9.47 Å². The predicted octanol–water partition coefficient (Wildman–Crippen LogP) is 5.70. The summed E-state index contributed by atoms with van der Waals surface area (Å²) in [5.74, 6) is 0.164. The lowest BCUT2D eigenvalue weighted by Crippen LogP contribution is -2.48. The lowest BCUT2D eigenvalue weighted by atomic mass is 9.87. The number of carbonyl (C=O) groups excluding carboxylic acids is 1. The highest BCUT2D eigenvalue weighted by molar-refractivity contribution is 6.30. The summed E-state index contributed by atoms with van der Waals surface area (Å²) in [6, 6.07) is 26.9. The Morgan fingerprint density at radius 3 is 2.41 bits per heavy atom. The van der Waals surface area contributed by atoms with Crippen molar-refractivity contribution in [2.75, 3.05) is 26.2 Å². The van der Waals surface area contributed by atoms with Crippen LogP contribution >= 0.6 is 11.6 Å². The Kier molecular flexibility index (Phi) is 6.70. The van der Waals surface area contributed by atoms with Crippen LogP contribution in [0.2, 0.25) is 5.02 Å². The van der Waals surface area contributed by atoms with Gasteiger partial charge in [0.05, 0.1) is 0 Å². The van der Waals surface area contributed by atoms with Crippen molar-refractivity contribution in [2.24, 2.45) is 7.05 Å². The van der Waals surface area contributed by atoms with E-state index in [0.717, 1.165) is 38.3 Å². The number of rotatable bonds is 6. The fraction of sp³-hybridized carbons (Fsp3) is 0.276. The van der Waals surface area contributed by atoms with E-state index in [2.05, 4.69) is 77.3 Å². The van der Waals surface area contributed by atoms with Crippen molar-refractivity contribution >= 4 is 28.4 Å². The largest absolute Gasteiger partial charge is 0.350 e. The molecule has 2 heterocycles. The summed E-state index contributed by atoms with van der Waals surface area (Å²) in [7, 11) is 2.06. The molecule has 0 radical (unpaired) electrons. The number of para-hydroxylation sites is 1. The first kappa shape index (κ1) is 22.7. The van der Waals surface area contributed by atoms with E-state index in [9.17, 15) is 4.79 Å². The third-order valence-corrected chi connectivity index (χ3v) is 7.14. The molecule has 1 amide bonds. The Morgan fingerprint density at radius 2 is 1.65 bits per heavy atom. The molecule has 0 bridgehead atoms. The smallest absolute Gasteiger partial charge is 0.223 e. The third kappa shape index (κ3) is 4.89. The van der Waals surface area contributed by atoms with Crippen LogP contribution in [0.15, 0.2) is 85.1 Å². The van der Waals surface area contributed by atoms with Crippen LogP contribution in [0.4, 0.5) is 0 Å². The molecule has 0 spiro atoms. The maximum absolute atomic E-state index is 13.5. The number of hydrogen-bond donors (Lipinski definition) is 0. The highest BCUT2D eigenvalue weighted by Gasteiger charge is 2.27. The maximum atomic E-state index is 13.5. The van der Waals surface area contributed by atoms with Crippen LogP contribution in [0, 0.1) is 0 Å². The minimum Gasteiger partial charge on any atom is -0.350 e. The van der Waals surface area contributed by atoms with Gasteiger partial charge in [0.2, 0.25) is 5.91 Å². The molecule has 1 atom stereocenters. The first-order chi connectivity index (χ1) is 16.6. The highest BCUT2D eigenvalue weighted by atomic mass is 35.5. The van der Waals surface area contributed by atoms with Crippen LogP contribution in [0.3, 0.4) is 0 Å². The second kappa shape index (κ2) is 10.0. The Labute approximate surface area is 206 Å². The molecule has 1 saturated heterocycles. The summed E-state index contributed by atoms with van der Waals surface area (Å²) in [6.45, 7) is 4.27. The van der Waals surface area contributed by atoms with Crippen molar-refractivity contribution in [3.8, 4) is 0 Å². The van der Waals surface area contributed by atoms with Crippen molar-refractivity contribution in [3.63, 3.8) is 0 Å². The van der Waals surface area contributed by atoms with Gasteiger partial charge in [0.15, 0.2) is 0 Å². The summed E-state index contributed by atoms with van der Waals surface area (Å²) in [5.41, 5.74) is 4.75. The Balaban J connectivity index is 1.34. The summed E-state index contributed by atoms with van der Waals surface area (Å²) in [6.07, 6.45) is 2.61. The molecule has 34 heavy (non-hydrogen) atoms. The van der Waals surface area contributed by atoms with Gasteiger partial charge in [-0.2, -0.15) is 0 Å². The van der Waals surface area contributed by atoms with Crippen LogP contribution < -0.4 is 0 Å². The minimum absolute atomic E-state index is 0.0420. The molecule has 5 heteroatoms. The summed E-state index contributed by atoms with van der Waals surface area (Å²) >= 11 is 6.36. The number of halogens is 1. The summed E-state index contributed by atoms with van der Waals surface area (Å²) in [5, 5.41) is 1.89. The topological polar surface area (TPSA) is 28.5 Å². The summed E-state index contributed by atoms with van der Waals surface area (Å²) in [4.78, 5) is 18.0. The molecule has 174 valence electrons. The Hall–Kier alpha value is -3.08. The average molecular weight is 472 g/mol. The number of nitrogens with zero attached hydrogens (tertiary/aromatic N) is 3. The monoisotopic (exact) mass is 471 g/mol. The van der Waals surface area contributed by atoms with Gasteiger partial charge in [-0.05, 0) is 34.9 Å². The molecule has 0 saturated carbocycles. The summed E-state index contributed by atoms with van der Waals surface area (Å²) < 4.78 is 2.15. The molecule has 1 aromatic heterocycles. The molecule has 1 aliphatic rings. The van der Waals surface area contributed by atoms with Gasteiger partial charge >= 0.3 is 0 Å². The molecule has 1 unspecified atom stereocenters. The molecular weight excluding hydrogens is 442 g/mol. The number of aromatic nitrogens is 1. The lowest BCUT2D eigenvalue weighted by Gasteiger charge is -2.35. The fourth-order valence-corrected chi connectivity index (χ4v) is 5.28. The highest BCUT2D eigenvalue weighted by Crippen LogP contribution is 2.35. The van der Waals surface area contributed by atoms with Gasteiger partial charge in [0, 0.05) is 74.2 Å². The average Bonchev–Trinajstić information content (AvgIpc) is 3.20. The van der Waals surface area contributed by atoms with E-state index in [-0.39, 0.29) is 11.8 Å². The second-order valence-corrected chi connectivity index (χ2v) is 9.60. The Morgan fingerprint density at radius 1 is 0.912 bits per heavy atom. The van der Waals surface area contributed by atoms with Gasteiger partial charge in [-0.3, -0.25) is 9.69 Å². The van der Waals surface area contributed by atoms with E-state index >= 15 is 0 Å². The minimum atomic E-state index is -0.0420. The maximum Gasteiger partial charge on any atom is 0.223 e. The number of fused-ring (bicyclic) bond motifs is 1. The number of benzene rings is 3. The molecule has 3 aromatic carbocycles. The molecular formula is C29H30ClN3O. The van der Waals surface area contributed by atoms with Crippen LogP contribution in [0.1, 0.15) is 29.0 Å². The molecule has 1 fully saturated rings. The van der Waals surface area contributed by atoms with Crippen molar-refractivity contribution in [1.29, 1.82) is 0 Å². The molecule has 4 aromatic rings. The van der Waals surface area contributed by atoms with Gasteiger partial charge in [0.25, 0.3) is 0 Å². The van der Waals surface area contributed by atoms with Crippen molar-refractivity contribution in [3.05, 3.63) is 107 Å². The van der Waals surface area contributed by atoms with E-state index in [4.69, 9.17) is 11.6 Å². The lowest BCUT2D eigenvalue weighted by molar-refractivity contribution is -0.133. The first-order valence-electron chi connectivity index (χ1n) is 11.9. The standard InChI is InChI=1S/C29H30ClN3O/c1-31-21-27(25-12-5-6-13-28(25)31)26(23-10-7-11-24(30)18-23)19-29(34)33-16-14-32(15-17-33)20-22-8-3-2-4-9-22/h2-13,18,21,26H,14-17,19-20H2,1H3. The number of carbonyl (C=O) groups is 1. The van der Waals surface area contributed by atoms with E-state index in [1.165, 1.54) is 22.0 Å². The van der Waals surface area contributed by atoms with E-state index in [1.54, 1.807) is 0 Å². The van der Waals surface area contributed by atoms with E-state index in [1.807, 2.05) is 29.2 Å². The van der Waals surface area contributed by atoms with Crippen molar-refractivity contribution in [2.45, 2.75) is 18.9 Å². The molecule has 4 nitrogen and oxygen atoms in total. The fourth-order valence-electron chi connectivity index (χ4n) is 5.08. The zero-order chi connectivity index (χ0) is 23.5. The molecule has 5 rings (SSSR count). The third-order valence-electron chi connectivity index (χ3n) is 6.91. The van der Waals surface area contributed by atoms with Gasteiger partial charge in [-0.15, -0.1) is 0 Å². The quantitative estimate of drug-likeness (QED) is 0.361. The van der Waals surface area contributed by atoms with Crippen LogP contribution in [-0.4, -0.2) is 46.5 Å². The van der Waals surface area contributed by atoms with Crippen LogP contribution in [0.5, 0.6) is 0 Å². The zero-order valence-corrected chi connectivity index (χ0v) is 20.3. The Bertz CT molecular complexity index is 1280. The molecule has 1 aliphatic heterocycles. The number of aryl methyl sites for hydroxylation is 1. The van der Waals surface area contributed by atoms with Gasteiger partial charge in [-0.1, -0.05) is 72.3 Å². The first-order valence-corrected chi connectivity index (χ1v) is 12.3. The van der Waals surface area contributed by atoms with Crippen LogP contribution in [0.25, 0.3) is 10.9 Å². The van der Waals surface area contributed by atoms with Crippen molar-refractivity contribution in [1.82, 2.24) is 14.4 Å². The SMILES string of the molecule is Cn1cc(C(CC(=O)N2CCN(Cc3ccccc3)CC2)c2cccc(Cl)c2)c2ccccc21. The zero-order valence-electron chi connectivity index (χ0n) is 19.5. The normalized spacial score (nSPS) is 15.5. The number of piperazine rings is 1. The second-order valence-electron chi connectivity index (χ2n) is 9.17.